The number of hydrogen-bond acceptors (Lipinski definition) is 9. The highest BCUT2D eigenvalue weighted by atomic mass is 32.1. The van der Waals surface area contributed by atoms with Gasteiger partial charge in [0.15, 0.2) is 0 Å². The first-order valence-electron chi connectivity index (χ1n) is 12.2. The molecule has 0 atom stereocenters. The number of nitrogens with one attached hydrogen (secondary N) is 2. The van der Waals surface area contributed by atoms with Gasteiger partial charge in [0.1, 0.15) is 35.5 Å². The van der Waals surface area contributed by atoms with Gasteiger partial charge in [0, 0.05) is 24.1 Å². The molecule has 5 rings (SSSR count). The van der Waals surface area contributed by atoms with Crippen LogP contribution in [-0.4, -0.2) is 46.8 Å². The van der Waals surface area contributed by atoms with E-state index in [1.807, 2.05) is 13.0 Å². The number of anilines is 2. The normalized spacial score (nSPS) is 19.6. The second kappa shape index (κ2) is 10.7. The Morgan fingerprint density at radius 2 is 2.03 bits per heavy atom. The smallest absolute Gasteiger partial charge is 0.383 e. The van der Waals surface area contributed by atoms with Crippen LogP contribution in [0, 0.1) is 6.92 Å². The molecule has 0 bridgehead atoms. The molecule has 0 spiro atoms. The fourth-order valence-corrected chi connectivity index (χ4v) is 5.56. The summed E-state index contributed by atoms with van der Waals surface area (Å²) in [6.07, 6.45) is 3.11. The average molecular weight is 559 g/mol. The zero-order valence-electron chi connectivity index (χ0n) is 20.8. The fraction of sp³-hybridized carbons (Fsp3) is 0.360. The maximum Gasteiger partial charge on any atom is 0.433 e. The van der Waals surface area contributed by atoms with Crippen LogP contribution in [-0.2, 0) is 23.1 Å². The molecule has 4 aromatic rings. The van der Waals surface area contributed by atoms with E-state index in [1.165, 1.54) is 28.7 Å². The molecule has 204 valence electrons. The molecule has 1 aliphatic carbocycles. The van der Waals surface area contributed by atoms with Crippen LogP contribution in [0.3, 0.4) is 0 Å². The summed E-state index contributed by atoms with van der Waals surface area (Å²) in [7, 11) is 0. The summed E-state index contributed by atoms with van der Waals surface area (Å²) in [4.78, 5) is 28.9. The van der Waals surface area contributed by atoms with E-state index in [0.717, 1.165) is 28.3 Å². The summed E-state index contributed by atoms with van der Waals surface area (Å²) in [5, 5.41) is 21.7. The van der Waals surface area contributed by atoms with Gasteiger partial charge in [-0.2, -0.15) is 18.3 Å². The largest absolute Gasteiger partial charge is 0.433 e. The Balaban J connectivity index is 1.25. The second-order valence-electron chi connectivity index (χ2n) is 9.47. The lowest BCUT2D eigenvalue weighted by Crippen LogP contribution is -2.43. The number of aryl methyl sites for hydroxylation is 1. The molecule has 3 aromatic heterocycles. The number of amides is 1. The molecule has 10 nitrogen and oxygen atoms in total. The average Bonchev–Trinajstić information content (AvgIpc) is 3.58. The van der Waals surface area contributed by atoms with Gasteiger partial charge in [-0.05, 0) is 61.9 Å². The minimum absolute atomic E-state index is 0.0517. The van der Waals surface area contributed by atoms with Crippen molar-refractivity contribution in [2.75, 3.05) is 5.32 Å². The van der Waals surface area contributed by atoms with Crippen molar-refractivity contribution >= 4 is 28.9 Å². The molecular formula is C25H25F3N8O2S. The van der Waals surface area contributed by atoms with Gasteiger partial charge in [-0.15, -0.1) is 11.3 Å². The second-order valence-corrected chi connectivity index (χ2v) is 10.5. The van der Waals surface area contributed by atoms with Gasteiger partial charge >= 0.3 is 6.18 Å². The SMILES string of the molecule is Cc1cc(Nc2nccc(C(F)(F)F)n2)cc(-c2cnc([C@]3(O)CC[C@H](NC(=O)Cn4cncn4)CC3)s2)c1. The number of alkyl halides is 3. The number of benzene rings is 1. The number of aliphatic hydroxyl groups is 1. The van der Waals surface area contributed by atoms with E-state index in [4.69, 9.17) is 0 Å². The monoisotopic (exact) mass is 558 g/mol. The molecule has 1 fully saturated rings. The van der Waals surface area contributed by atoms with Gasteiger partial charge in [-0.1, -0.05) is 6.07 Å². The predicted molar refractivity (Wildman–Crippen MR) is 137 cm³/mol. The zero-order valence-corrected chi connectivity index (χ0v) is 21.6. The van der Waals surface area contributed by atoms with Gasteiger partial charge < -0.3 is 15.7 Å². The van der Waals surface area contributed by atoms with Gasteiger partial charge in [0.25, 0.3) is 0 Å². The Morgan fingerprint density at radius 3 is 2.74 bits per heavy atom. The third-order valence-electron chi connectivity index (χ3n) is 6.42. The van der Waals surface area contributed by atoms with Crippen LogP contribution < -0.4 is 10.6 Å². The summed E-state index contributed by atoms with van der Waals surface area (Å²) in [5.41, 5.74) is 0.0637. The molecule has 14 heteroatoms. The Labute approximate surface area is 225 Å². The van der Waals surface area contributed by atoms with Crippen LogP contribution in [0.4, 0.5) is 24.8 Å². The Hall–Kier alpha value is -3.91. The maximum absolute atomic E-state index is 13.0. The third-order valence-corrected chi connectivity index (χ3v) is 7.66. The van der Waals surface area contributed by atoms with Crippen LogP contribution in [0.2, 0.25) is 0 Å². The molecule has 1 aliphatic rings. The lowest BCUT2D eigenvalue weighted by Gasteiger charge is -2.34. The number of nitrogens with zero attached hydrogens (tertiary/aromatic N) is 6. The van der Waals surface area contributed by atoms with Crippen LogP contribution in [0.25, 0.3) is 10.4 Å². The summed E-state index contributed by atoms with van der Waals surface area (Å²) in [6.45, 7) is 1.96. The number of carbonyl (C=O) groups is 1. The Bertz CT molecular complexity index is 1450. The lowest BCUT2D eigenvalue weighted by atomic mass is 9.82. The van der Waals surface area contributed by atoms with Crippen LogP contribution in [0.5, 0.6) is 0 Å². The molecule has 0 unspecified atom stereocenters. The van der Waals surface area contributed by atoms with E-state index >= 15 is 0 Å². The van der Waals surface area contributed by atoms with Gasteiger partial charge in [0.2, 0.25) is 11.9 Å². The van der Waals surface area contributed by atoms with Crippen molar-refractivity contribution < 1.29 is 23.1 Å². The third kappa shape index (κ3) is 6.40. The molecule has 0 saturated heterocycles. The van der Waals surface area contributed by atoms with E-state index in [1.54, 1.807) is 18.3 Å². The van der Waals surface area contributed by atoms with Crippen LogP contribution in [0.1, 0.15) is 41.9 Å². The number of thiazole rings is 1. The highest BCUT2D eigenvalue weighted by molar-refractivity contribution is 7.15. The van der Waals surface area contributed by atoms with Crippen LogP contribution >= 0.6 is 11.3 Å². The molecule has 3 N–H and O–H groups in total. The first kappa shape index (κ1) is 26.7. The maximum atomic E-state index is 13.0. The first-order valence-corrected chi connectivity index (χ1v) is 13.0. The highest BCUT2D eigenvalue weighted by Crippen LogP contribution is 2.41. The zero-order chi connectivity index (χ0) is 27.6. The van der Waals surface area contributed by atoms with E-state index in [0.29, 0.717) is 36.4 Å². The van der Waals surface area contributed by atoms with Crippen molar-refractivity contribution in [1.29, 1.82) is 0 Å². The number of hydrogen-bond donors (Lipinski definition) is 3. The molecule has 0 aliphatic heterocycles. The van der Waals surface area contributed by atoms with Crippen molar-refractivity contribution in [2.24, 2.45) is 0 Å². The summed E-state index contributed by atoms with van der Waals surface area (Å²) < 4.78 is 40.5. The van der Waals surface area contributed by atoms with Gasteiger partial charge in [0.05, 0.1) is 4.88 Å². The number of aromatic nitrogens is 6. The summed E-state index contributed by atoms with van der Waals surface area (Å²) >= 11 is 1.36. The minimum Gasteiger partial charge on any atom is -0.383 e. The minimum atomic E-state index is -4.57. The molecular weight excluding hydrogens is 533 g/mol. The summed E-state index contributed by atoms with van der Waals surface area (Å²) in [6, 6.07) is 6.25. The summed E-state index contributed by atoms with van der Waals surface area (Å²) in [5.74, 6) is -0.322. The molecule has 3 heterocycles. The molecule has 1 saturated carbocycles. The number of halogens is 3. The quantitative estimate of drug-likeness (QED) is 0.308. The van der Waals surface area contributed by atoms with E-state index in [2.05, 4.69) is 35.7 Å². The van der Waals surface area contributed by atoms with Crippen molar-refractivity contribution in [3.63, 3.8) is 0 Å². The van der Waals surface area contributed by atoms with Crippen molar-refractivity contribution in [3.05, 3.63) is 65.6 Å². The fourth-order valence-electron chi connectivity index (χ4n) is 4.51. The predicted octanol–water partition coefficient (Wildman–Crippen LogP) is 4.21. The molecule has 39 heavy (non-hydrogen) atoms. The Kier molecular flexibility index (Phi) is 7.32. The van der Waals surface area contributed by atoms with Crippen LogP contribution in [0.15, 0.2) is 49.3 Å². The standard InChI is InChI=1S/C25H25F3N8O2S/c1-15-8-16(10-18(9-15)34-23-30-7-4-20(35-23)25(26,27)28)19-11-31-22(39-19)24(38)5-2-17(3-6-24)33-21(37)12-36-14-29-13-32-36/h4,7-11,13-14,17,38H,2-3,5-6,12H2,1H3,(H,33,37)(H,30,34,35)/t17-,24-. The van der Waals surface area contributed by atoms with Crippen molar-refractivity contribution in [1.82, 2.24) is 35.0 Å². The Morgan fingerprint density at radius 1 is 1.23 bits per heavy atom. The first-order chi connectivity index (χ1) is 18.6. The number of rotatable bonds is 7. The van der Waals surface area contributed by atoms with Gasteiger partial charge in [-0.3, -0.25) is 4.79 Å². The molecule has 1 aromatic carbocycles. The van der Waals surface area contributed by atoms with Crippen molar-refractivity contribution in [2.45, 2.75) is 57.0 Å². The number of carbonyl (C=O) groups excluding carboxylic acids is 1. The lowest BCUT2D eigenvalue weighted by molar-refractivity contribution is -0.141. The van der Waals surface area contributed by atoms with E-state index in [-0.39, 0.29) is 24.4 Å². The molecule has 0 radical (unpaired) electrons. The van der Waals surface area contributed by atoms with Gasteiger partial charge in [-0.25, -0.2) is 24.6 Å². The van der Waals surface area contributed by atoms with Crippen molar-refractivity contribution in [3.8, 4) is 10.4 Å². The van der Waals surface area contributed by atoms with E-state index in [9.17, 15) is 23.1 Å². The highest BCUT2D eigenvalue weighted by Gasteiger charge is 2.38. The molecule has 1 amide bonds. The van der Waals surface area contributed by atoms with E-state index < -0.39 is 17.5 Å². The topological polar surface area (TPSA) is 131 Å².